The number of nitrogens with zero attached hydrogens (tertiary/aromatic N) is 2. The summed E-state index contributed by atoms with van der Waals surface area (Å²) in [4.78, 5) is 18.9. The van der Waals surface area contributed by atoms with Crippen LogP contribution in [-0.4, -0.2) is 34.0 Å². The molecular weight excluding hydrogens is 312 g/mol. The SMILES string of the molecule is O=C(Nc1cccnc1)NC1CC2CCC(C1)N2Cc1ccccc1. The van der Waals surface area contributed by atoms with Crippen molar-refractivity contribution in [1.82, 2.24) is 15.2 Å². The van der Waals surface area contributed by atoms with Crippen molar-refractivity contribution in [1.29, 1.82) is 0 Å². The van der Waals surface area contributed by atoms with E-state index in [4.69, 9.17) is 0 Å². The highest BCUT2D eigenvalue weighted by Crippen LogP contribution is 2.36. The summed E-state index contributed by atoms with van der Waals surface area (Å²) in [6.45, 7) is 1.02. The number of fused-ring (bicyclic) bond motifs is 2. The van der Waals surface area contributed by atoms with E-state index in [1.54, 1.807) is 12.4 Å². The van der Waals surface area contributed by atoms with E-state index in [2.05, 4.69) is 50.8 Å². The third kappa shape index (κ3) is 3.82. The van der Waals surface area contributed by atoms with Crippen LogP contribution in [0.1, 0.15) is 31.2 Å². The molecule has 1 aromatic carbocycles. The Hall–Kier alpha value is -2.40. The fraction of sp³-hybridized carbons (Fsp3) is 0.400. The van der Waals surface area contributed by atoms with Gasteiger partial charge in [-0.3, -0.25) is 9.88 Å². The van der Waals surface area contributed by atoms with Gasteiger partial charge < -0.3 is 10.6 Å². The minimum atomic E-state index is -0.131. The van der Waals surface area contributed by atoms with Gasteiger partial charge in [-0.15, -0.1) is 0 Å². The van der Waals surface area contributed by atoms with E-state index in [1.807, 2.05) is 12.1 Å². The summed E-state index contributed by atoms with van der Waals surface area (Å²) in [6, 6.07) is 15.6. The summed E-state index contributed by atoms with van der Waals surface area (Å²) in [5.41, 5.74) is 2.10. The summed E-state index contributed by atoms with van der Waals surface area (Å²) in [5, 5.41) is 6.01. The van der Waals surface area contributed by atoms with E-state index < -0.39 is 0 Å². The molecule has 2 fully saturated rings. The number of hydrogen-bond donors (Lipinski definition) is 2. The lowest BCUT2D eigenvalue weighted by Gasteiger charge is -2.39. The molecule has 5 nitrogen and oxygen atoms in total. The highest BCUT2D eigenvalue weighted by atomic mass is 16.2. The molecule has 2 aromatic rings. The van der Waals surface area contributed by atoms with E-state index in [9.17, 15) is 4.79 Å². The predicted molar refractivity (Wildman–Crippen MR) is 98.2 cm³/mol. The first-order valence-corrected chi connectivity index (χ1v) is 9.05. The summed E-state index contributed by atoms with van der Waals surface area (Å²) >= 11 is 0. The number of benzene rings is 1. The number of carbonyl (C=O) groups excluding carboxylic acids is 1. The number of pyridine rings is 1. The van der Waals surface area contributed by atoms with Crippen LogP contribution in [-0.2, 0) is 6.54 Å². The fourth-order valence-electron chi connectivity index (χ4n) is 4.23. The highest BCUT2D eigenvalue weighted by molar-refractivity contribution is 5.89. The van der Waals surface area contributed by atoms with Gasteiger partial charge in [0.15, 0.2) is 0 Å². The first-order valence-electron chi connectivity index (χ1n) is 9.05. The van der Waals surface area contributed by atoms with Gasteiger partial charge in [0.2, 0.25) is 0 Å². The van der Waals surface area contributed by atoms with Crippen molar-refractivity contribution >= 4 is 11.7 Å². The molecule has 0 aliphatic carbocycles. The van der Waals surface area contributed by atoms with Crippen LogP contribution >= 0.6 is 0 Å². The zero-order chi connectivity index (χ0) is 17.1. The van der Waals surface area contributed by atoms with Crippen molar-refractivity contribution in [3.8, 4) is 0 Å². The molecule has 2 aliphatic heterocycles. The summed E-state index contributed by atoms with van der Waals surface area (Å²) in [7, 11) is 0. The molecule has 2 saturated heterocycles. The molecule has 0 spiro atoms. The second-order valence-electron chi connectivity index (χ2n) is 7.05. The molecule has 5 heteroatoms. The van der Waals surface area contributed by atoms with Gasteiger partial charge in [-0.25, -0.2) is 4.79 Å². The molecular formula is C20H24N4O. The molecule has 2 atom stereocenters. The van der Waals surface area contributed by atoms with Gasteiger partial charge in [0.25, 0.3) is 0 Å². The van der Waals surface area contributed by atoms with Gasteiger partial charge in [-0.1, -0.05) is 30.3 Å². The number of aromatic nitrogens is 1. The van der Waals surface area contributed by atoms with Crippen LogP contribution < -0.4 is 10.6 Å². The van der Waals surface area contributed by atoms with Gasteiger partial charge in [0.1, 0.15) is 0 Å². The normalized spacial score (nSPS) is 25.5. The maximum absolute atomic E-state index is 12.2. The highest BCUT2D eigenvalue weighted by Gasteiger charge is 2.40. The molecule has 2 N–H and O–H groups in total. The number of amides is 2. The zero-order valence-electron chi connectivity index (χ0n) is 14.3. The van der Waals surface area contributed by atoms with Crippen LogP contribution in [0, 0.1) is 0 Å². The zero-order valence-corrected chi connectivity index (χ0v) is 14.3. The van der Waals surface area contributed by atoms with Crippen molar-refractivity contribution in [3.63, 3.8) is 0 Å². The van der Waals surface area contributed by atoms with Gasteiger partial charge in [-0.05, 0) is 43.4 Å². The quantitative estimate of drug-likeness (QED) is 0.900. The molecule has 2 unspecified atom stereocenters. The summed E-state index contributed by atoms with van der Waals surface area (Å²) < 4.78 is 0. The van der Waals surface area contributed by atoms with E-state index in [1.165, 1.54) is 18.4 Å². The van der Waals surface area contributed by atoms with E-state index in [0.717, 1.165) is 25.1 Å². The van der Waals surface area contributed by atoms with Gasteiger partial charge in [0, 0.05) is 30.9 Å². The van der Waals surface area contributed by atoms with Crippen LogP contribution in [0.4, 0.5) is 10.5 Å². The number of hydrogen-bond acceptors (Lipinski definition) is 3. The lowest BCUT2D eigenvalue weighted by Crippen LogP contribution is -2.50. The van der Waals surface area contributed by atoms with Crippen LogP contribution in [0.25, 0.3) is 0 Å². The van der Waals surface area contributed by atoms with Crippen LogP contribution in [0.5, 0.6) is 0 Å². The molecule has 25 heavy (non-hydrogen) atoms. The van der Waals surface area contributed by atoms with Crippen LogP contribution in [0.2, 0.25) is 0 Å². The fourth-order valence-corrected chi connectivity index (χ4v) is 4.23. The number of rotatable bonds is 4. The molecule has 2 bridgehead atoms. The van der Waals surface area contributed by atoms with Crippen molar-refractivity contribution in [2.24, 2.45) is 0 Å². The Bertz CT molecular complexity index is 692. The molecule has 130 valence electrons. The van der Waals surface area contributed by atoms with Crippen molar-refractivity contribution < 1.29 is 4.79 Å². The van der Waals surface area contributed by atoms with Crippen molar-refractivity contribution in [2.45, 2.75) is 50.4 Å². The Morgan fingerprint density at radius 2 is 1.84 bits per heavy atom. The Kier molecular flexibility index (Phi) is 4.65. The van der Waals surface area contributed by atoms with Gasteiger partial charge >= 0.3 is 6.03 Å². The lowest BCUT2D eigenvalue weighted by atomic mass is 9.96. The molecule has 2 aliphatic rings. The predicted octanol–water partition coefficient (Wildman–Crippen LogP) is 3.40. The minimum absolute atomic E-state index is 0.131. The standard InChI is InChI=1S/C20H24N4O/c25-20(22-16-7-4-10-21-13-16)23-17-11-18-8-9-19(12-17)24(18)14-15-5-2-1-3-6-15/h1-7,10,13,17-19H,8-9,11-12,14H2,(H2,22,23,25). The molecule has 1 aromatic heterocycles. The molecule has 4 rings (SSSR count). The Balaban J connectivity index is 1.33. The number of carbonyl (C=O) groups is 1. The average Bonchev–Trinajstić information content (AvgIpc) is 2.86. The van der Waals surface area contributed by atoms with Gasteiger partial charge in [0.05, 0.1) is 11.9 Å². The first kappa shape index (κ1) is 16.1. The number of anilines is 1. The lowest BCUT2D eigenvalue weighted by molar-refractivity contribution is 0.112. The van der Waals surface area contributed by atoms with E-state index in [-0.39, 0.29) is 12.1 Å². The maximum atomic E-state index is 12.2. The average molecular weight is 336 g/mol. The Labute approximate surface area is 148 Å². The monoisotopic (exact) mass is 336 g/mol. The maximum Gasteiger partial charge on any atom is 0.319 e. The van der Waals surface area contributed by atoms with Crippen LogP contribution in [0.3, 0.4) is 0 Å². The van der Waals surface area contributed by atoms with Crippen molar-refractivity contribution in [2.75, 3.05) is 5.32 Å². The molecule has 3 heterocycles. The van der Waals surface area contributed by atoms with Crippen LogP contribution in [0.15, 0.2) is 54.9 Å². The minimum Gasteiger partial charge on any atom is -0.335 e. The van der Waals surface area contributed by atoms with Gasteiger partial charge in [-0.2, -0.15) is 0 Å². The molecule has 0 radical (unpaired) electrons. The van der Waals surface area contributed by atoms with Crippen molar-refractivity contribution in [3.05, 3.63) is 60.4 Å². The smallest absolute Gasteiger partial charge is 0.319 e. The first-order chi connectivity index (χ1) is 12.3. The molecule has 0 saturated carbocycles. The Morgan fingerprint density at radius 1 is 1.08 bits per heavy atom. The number of urea groups is 1. The third-order valence-corrected chi connectivity index (χ3v) is 5.35. The Morgan fingerprint density at radius 3 is 2.52 bits per heavy atom. The number of piperidine rings is 1. The second-order valence-corrected chi connectivity index (χ2v) is 7.05. The topological polar surface area (TPSA) is 57.3 Å². The largest absolute Gasteiger partial charge is 0.335 e. The summed E-state index contributed by atoms with van der Waals surface area (Å²) in [6.07, 6.45) is 7.89. The molecule has 2 amide bonds. The summed E-state index contributed by atoms with van der Waals surface area (Å²) in [5.74, 6) is 0. The second kappa shape index (κ2) is 7.23. The third-order valence-electron chi connectivity index (χ3n) is 5.35. The van der Waals surface area contributed by atoms with E-state index >= 15 is 0 Å². The van der Waals surface area contributed by atoms with E-state index in [0.29, 0.717) is 12.1 Å². The number of nitrogens with one attached hydrogen (secondary N) is 2.